The van der Waals surface area contributed by atoms with Crippen LogP contribution < -0.4 is 5.32 Å². The lowest BCUT2D eigenvalue weighted by Gasteiger charge is -2.33. The van der Waals surface area contributed by atoms with Gasteiger partial charge in [0.15, 0.2) is 0 Å². The van der Waals surface area contributed by atoms with Crippen LogP contribution in [0.2, 0.25) is 0 Å². The van der Waals surface area contributed by atoms with E-state index in [0.29, 0.717) is 5.71 Å². The Kier molecular flexibility index (Phi) is 3.90. The summed E-state index contributed by atoms with van der Waals surface area (Å²) in [5.41, 5.74) is 7.55. The van der Waals surface area contributed by atoms with E-state index in [0.717, 1.165) is 11.1 Å². The van der Waals surface area contributed by atoms with Gasteiger partial charge in [0.05, 0.1) is 5.54 Å². The monoisotopic (exact) mass is 322 g/mol. The van der Waals surface area contributed by atoms with E-state index in [4.69, 9.17) is 5.41 Å². The molecule has 0 bridgehead atoms. The van der Waals surface area contributed by atoms with Crippen LogP contribution in [0.1, 0.15) is 37.5 Å². The topological polar surface area (TPSA) is 35.9 Å². The lowest BCUT2D eigenvalue weighted by Crippen LogP contribution is -2.31. The molecule has 3 heteroatoms. The van der Waals surface area contributed by atoms with E-state index in [1.807, 2.05) is 25.1 Å². The quantitative estimate of drug-likeness (QED) is 0.558. The molecule has 1 aliphatic rings. The third kappa shape index (κ3) is 2.84. The second-order valence-electron chi connectivity index (χ2n) is 6.78. The predicted octanol–water partition coefficient (Wildman–Crippen LogP) is 5.47. The summed E-state index contributed by atoms with van der Waals surface area (Å²) in [5, 5.41) is 12.9. The van der Waals surface area contributed by atoms with E-state index in [1.54, 1.807) is 0 Å². The molecular weight excluding hydrogens is 299 g/mol. The minimum absolute atomic E-state index is 0.0402. The summed E-state index contributed by atoms with van der Waals surface area (Å²) >= 11 is 0. The van der Waals surface area contributed by atoms with Crippen molar-refractivity contribution in [2.24, 2.45) is 0 Å². The number of anilines is 1. The van der Waals surface area contributed by atoms with Gasteiger partial charge < -0.3 is 10.7 Å². The number of hydrogen-bond acceptors (Lipinski definition) is 2. The Balaban J connectivity index is 2.23. The number of rotatable bonds is 2. The van der Waals surface area contributed by atoms with Crippen molar-refractivity contribution in [1.29, 1.82) is 5.41 Å². The number of hydrogen-bond donors (Lipinski definition) is 2. The highest BCUT2D eigenvalue weighted by Crippen LogP contribution is 2.42. The van der Waals surface area contributed by atoms with E-state index < -0.39 is 0 Å². The van der Waals surface area contributed by atoms with Gasteiger partial charge in [-0.1, -0.05) is 36.4 Å². The van der Waals surface area contributed by atoms with Gasteiger partial charge in [-0.3, -0.25) is 0 Å². The summed E-state index contributed by atoms with van der Waals surface area (Å²) in [4.78, 5) is 0. The zero-order chi connectivity index (χ0) is 16.8. The Hall–Kier alpha value is -1.92. The molecule has 0 spiro atoms. The first kappa shape index (κ1) is 16.0. The molecule has 0 amide bonds. The van der Waals surface area contributed by atoms with Crippen LogP contribution in [0.4, 0.5) is 5.69 Å². The van der Waals surface area contributed by atoms with Crippen LogP contribution in [0.3, 0.4) is 0 Å². The minimum Gasteiger partial charge on any atom is -0.376 e. The van der Waals surface area contributed by atoms with Crippen molar-refractivity contribution >= 4 is 26.0 Å². The van der Waals surface area contributed by atoms with Crippen molar-refractivity contribution in [3.05, 3.63) is 59.2 Å². The molecule has 0 fully saturated rings. The lowest BCUT2D eigenvalue weighted by atomic mass is 9.88. The van der Waals surface area contributed by atoms with E-state index in [-0.39, 0.29) is 5.54 Å². The molecule has 118 valence electrons. The number of benzene rings is 2. The molecule has 23 heavy (non-hydrogen) atoms. The molecule has 2 aromatic rings. The fourth-order valence-corrected chi connectivity index (χ4v) is 4.16. The van der Waals surface area contributed by atoms with Crippen LogP contribution in [0.25, 0.3) is 16.4 Å². The Labute approximate surface area is 140 Å². The molecule has 0 aromatic heterocycles. The molecule has 2 nitrogen and oxygen atoms in total. The highest BCUT2D eigenvalue weighted by Gasteiger charge is 2.25. The highest BCUT2D eigenvalue weighted by molar-refractivity contribution is 7.31. The molecule has 1 unspecified atom stereocenters. The average Bonchev–Trinajstić information content (AvgIpc) is 2.45. The summed E-state index contributed by atoms with van der Waals surface area (Å²) in [7, 11) is 2.88. The maximum atomic E-state index is 8.05. The van der Waals surface area contributed by atoms with Gasteiger partial charge in [-0.15, -0.1) is 9.24 Å². The summed E-state index contributed by atoms with van der Waals surface area (Å²) < 4.78 is 0. The molecule has 2 N–H and O–H groups in total. The predicted molar refractivity (Wildman–Crippen MR) is 105 cm³/mol. The van der Waals surface area contributed by atoms with E-state index >= 15 is 0 Å². The van der Waals surface area contributed by atoms with Crippen molar-refractivity contribution in [3.63, 3.8) is 0 Å². The number of nitrogens with one attached hydrogen (secondary N) is 2. The fourth-order valence-electron chi connectivity index (χ4n) is 3.37. The van der Waals surface area contributed by atoms with Gasteiger partial charge in [0, 0.05) is 22.5 Å². The first-order valence-electron chi connectivity index (χ1n) is 7.85. The Bertz CT molecular complexity index is 832. The van der Waals surface area contributed by atoms with Gasteiger partial charge in [0.25, 0.3) is 0 Å². The highest BCUT2D eigenvalue weighted by atomic mass is 31.0. The Morgan fingerprint density at radius 1 is 1.09 bits per heavy atom. The molecule has 0 saturated heterocycles. The maximum absolute atomic E-state index is 8.05. The van der Waals surface area contributed by atoms with E-state index in [9.17, 15) is 0 Å². The summed E-state index contributed by atoms with van der Waals surface area (Å²) in [6.45, 7) is 8.37. The molecular formula is C20H23N2P. The third-order valence-electron chi connectivity index (χ3n) is 4.35. The zero-order valence-electron chi connectivity index (χ0n) is 14.1. The lowest BCUT2D eigenvalue weighted by molar-refractivity contribution is 0.710. The third-order valence-corrected chi connectivity index (χ3v) is 4.80. The second-order valence-corrected chi connectivity index (χ2v) is 7.40. The SMILES string of the molecule is CC(=N)c1ccccc1-c1ccc2c(c1C)C(P)=CC(C)(C)N2. The van der Waals surface area contributed by atoms with Crippen molar-refractivity contribution in [3.8, 4) is 11.1 Å². The van der Waals surface area contributed by atoms with Gasteiger partial charge in [-0.05, 0) is 55.8 Å². The first-order chi connectivity index (χ1) is 10.8. The standard InChI is InChI=1S/C20H23N2P/c1-12-14(16-8-6-5-7-15(16)13(2)21)9-10-17-19(12)18(23)11-20(3,4)22-17/h5-11,21-22H,23H2,1-4H3. The first-order valence-corrected chi connectivity index (χ1v) is 8.43. The zero-order valence-corrected chi connectivity index (χ0v) is 15.3. The van der Waals surface area contributed by atoms with E-state index in [1.165, 1.54) is 27.7 Å². The van der Waals surface area contributed by atoms with Crippen LogP contribution >= 0.6 is 9.24 Å². The molecule has 2 aromatic carbocycles. The maximum Gasteiger partial charge on any atom is 0.0509 e. The van der Waals surface area contributed by atoms with Crippen molar-refractivity contribution in [2.75, 3.05) is 5.32 Å². The molecule has 0 saturated carbocycles. The summed E-state index contributed by atoms with van der Waals surface area (Å²) in [5.74, 6) is 0. The van der Waals surface area contributed by atoms with Crippen LogP contribution in [0, 0.1) is 12.3 Å². The Morgan fingerprint density at radius 3 is 2.48 bits per heavy atom. The second kappa shape index (κ2) is 5.62. The van der Waals surface area contributed by atoms with Gasteiger partial charge in [-0.25, -0.2) is 0 Å². The van der Waals surface area contributed by atoms with Crippen LogP contribution in [0.15, 0.2) is 42.5 Å². The molecule has 3 rings (SSSR count). The number of fused-ring (bicyclic) bond motifs is 1. The molecule has 1 atom stereocenters. The van der Waals surface area contributed by atoms with Crippen LogP contribution in [-0.4, -0.2) is 11.3 Å². The minimum atomic E-state index is -0.0402. The summed E-state index contributed by atoms with van der Waals surface area (Å²) in [6, 6.07) is 12.5. The van der Waals surface area contributed by atoms with Gasteiger partial charge >= 0.3 is 0 Å². The van der Waals surface area contributed by atoms with Crippen molar-refractivity contribution in [2.45, 2.75) is 33.2 Å². The van der Waals surface area contributed by atoms with Crippen LogP contribution in [0.5, 0.6) is 0 Å². The largest absolute Gasteiger partial charge is 0.376 e. The molecule has 1 heterocycles. The average molecular weight is 322 g/mol. The fraction of sp³-hybridized carbons (Fsp3) is 0.250. The van der Waals surface area contributed by atoms with Gasteiger partial charge in [0.1, 0.15) is 0 Å². The van der Waals surface area contributed by atoms with Crippen LogP contribution in [-0.2, 0) is 0 Å². The molecule has 1 aliphatic heterocycles. The smallest absolute Gasteiger partial charge is 0.0509 e. The van der Waals surface area contributed by atoms with Gasteiger partial charge in [-0.2, -0.15) is 0 Å². The summed E-state index contributed by atoms with van der Waals surface area (Å²) in [6.07, 6.45) is 2.25. The Morgan fingerprint density at radius 2 is 1.78 bits per heavy atom. The normalized spacial score (nSPS) is 15.4. The van der Waals surface area contributed by atoms with E-state index in [2.05, 4.69) is 59.6 Å². The molecule has 0 aliphatic carbocycles. The van der Waals surface area contributed by atoms with Crippen molar-refractivity contribution in [1.82, 2.24) is 0 Å². The van der Waals surface area contributed by atoms with Gasteiger partial charge in [0.2, 0.25) is 0 Å². The molecule has 0 radical (unpaired) electrons. The van der Waals surface area contributed by atoms with Crippen molar-refractivity contribution < 1.29 is 0 Å².